The predicted molar refractivity (Wildman–Crippen MR) is 85.7 cm³/mol. The molecule has 0 aromatic heterocycles. The van der Waals surface area contributed by atoms with Gasteiger partial charge in [-0.15, -0.1) is 0 Å². The van der Waals surface area contributed by atoms with Crippen molar-refractivity contribution in [2.75, 3.05) is 33.3 Å². The topological polar surface area (TPSA) is 24.5 Å². The normalized spacial score (nSPS) is 17.4. The third-order valence-electron chi connectivity index (χ3n) is 4.06. The zero-order valence-electron chi connectivity index (χ0n) is 12.5. The first-order valence-electron chi connectivity index (χ1n) is 7.52. The number of benzene rings is 2. The molecule has 110 valence electrons. The van der Waals surface area contributed by atoms with E-state index in [1.165, 1.54) is 11.1 Å². The fourth-order valence-corrected chi connectivity index (χ4v) is 2.98. The Hall–Kier alpha value is -1.84. The minimum absolute atomic E-state index is 0.319. The predicted octanol–water partition coefficient (Wildman–Crippen LogP) is 2.69. The van der Waals surface area contributed by atoms with Gasteiger partial charge in [-0.3, -0.25) is 4.90 Å². The van der Waals surface area contributed by atoms with Gasteiger partial charge in [0.1, 0.15) is 5.75 Å². The number of rotatable bonds is 4. The zero-order chi connectivity index (χ0) is 14.5. The van der Waals surface area contributed by atoms with Crippen molar-refractivity contribution in [2.24, 2.45) is 0 Å². The molecular weight excluding hydrogens is 260 g/mol. The highest BCUT2D eigenvalue weighted by Gasteiger charge is 2.23. The molecule has 1 aliphatic rings. The number of methoxy groups -OCH3 is 1. The van der Waals surface area contributed by atoms with Crippen LogP contribution in [0.4, 0.5) is 0 Å². The first kappa shape index (κ1) is 14.1. The van der Waals surface area contributed by atoms with Crippen molar-refractivity contribution in [3.63, 3.8) is 0 Å². The molecule has 3 nitrogen and oxygen atoms in total. The van der Waals surface area contributed by atoms with Crippen molar-refractivity contribution >= 4 is 0 Å². The first-order valence-corrected chi connectivity index (χ1v) is 7.52. The maximum absolute atomic E-state index is 5.28. The van der Waals surface area contributed by atoms with Crippen LogP contribution in [0.15, 0.2) is 54.6 Å². The second kappa shape index (κ2) is 6.74. The van der Waals surface area contributed by atoms with Gasteiger partial charge in [-0.1, -0.05) is 42.5 Å². The lowest BCUT2D eigenvalue weighted by molar-refractivity contribution is 0.198. The Morgan fingerprint density at radius 3 is 2.14 bits per heavy atom. The Kier molecular flexibility index (Phi) is 4.53. The molecule has 0 saturated carbocycles. The van der Waals surface area contributed by atoms with E-state index in [0.717, 1.165) is 31.9 Å². The maximum atomic E-state index is 5.28. The molecule has 0 radical (unpaired) electrons. The van der Waals surface area contributed by atoms with Crippen molar-refractivity contribution < 1.29 is 4.74 Å². The van der Waals surface area contributed by atoms with Crippen LogP contribution in [0.2, 0.25) is 0 Å². The fraction of sp³-hybridized carbons (Fsp3) is 0.333. The molecule has 1 aliphatic heterocycles. The molecule has 0 unspecified atom stereocenters. The standard InChI is InChI=1S/C18H22N2O/c1-21-17-9-7-16(8-10-17)18(15-5-3-2-4-6-15)20-13-11-19-12-14-20/h2-10,18-19H,11-14H2,1H3/t18-/m0/s1. The van der Waals surface area contributed by atoms with E-state index in [1.54, 1.807) is 7.11 Å². The van der Waals surface area contributed by atoms with Crippen LogP contribution in [0.3, 0.4) is 0 Å². The van der Waals surface area contributed by atoms with E-state index in [0.29, 0.717) is 6.04 Å². The number of piperazine rings is 1. The van der Waals surface area contributed by atoms with Gasteiger partial charge in [0.2, 0.25) is 0 Å². The van der Waals surface area contributed by atoms with Gasteiger partial charge >= 0.3 is 0 Å². The lowest BCUT2D eigenvalue weighted by atomic mass is 9.96. The Labute approximate surface area is 126 Å². The molecule has 1 fully saturated rings. The molecule has 3 heteroatoms. The summed E-state index contributed by atoms with van der Waals surface area (Å²) >= 11 is 0. The summed E-state index contributed by atoms with van der Waals surface area (Å²) in [6.45, 7) is 4.26. The van der Waals surface area contributed by atoms with Crippen molar-refractivity contribution in [1.82, 2.24) is 10.2 Å². The largest absolute Gasteiger partial charge is 0.497 e. The highest BCUT2D eigenvalue weighted by molar-refractivity contribution is 5.35. The van der Waals surface area contributed by atoms with Crippen LogP contribution in [0.25, 0.3) is 0 Å². The van der Waals surface area contributed by atoms with Crippen molar-refractivity contribution in [3.8, 4) is 5.75 Å². The van der Waals surface area contributed by atoms with Crippen molar-refractivity contribution in [1.29, 1.82) is 0 Å². The van der Waals surface area contributed by atoms with Gasteiger partial charge in [-0.25, -0.2) is 0 Å². The van der Waals surface area contributed by atoms with Crippen molar-refractivity contribution in [2.45, 2.75) is 6.04 Å². The summed E-state index contributed by atoms with van der Waals surface area (Å²) in [6, 6.07) is 19.5. The number of nitrogens with one attached hydrogen (secondary N) is 1. The van der Waals surface area contributed by atoms with Crippen LogP contribution >= 0.6 is 0 Å². The quantitative estimate of drug-likeness (QED) is 0.933. The van der Waals surface area contributed by atoms with Crippen molar-refractivity contribution in [3.05, 3.63) is 65.7 Å². The molecule has 1 atom stereocenters. The zero-order valence-corrected chi connectivity index (χ0v) is 12.5. The van der Waals surface area contributed by atoms with E-state index in [4.69, 9.17) is 4.74 Å². The third-order valence-corrected chi connectivity index (χ3v) is 4.06. The van der Waals surface area contributed by atoms with Crippen LogP contribution in [0, 0.1) is 0 Å². The van der Waals surface area contributed by atoms with Crippen LogP contribution in [0.1, 0.15) is 17.2 Å². The lowest BCUT2D eigenvalue weighted by Crippen LogP contribution is -2.45. The third kappa shape index (κ3) is 3.26. The second-order valence-electron chi connectivity index (χ2n) is 5.37. The molecule has 2 aromatic rings. The minimum atomic E-state index is 0.319. The smallest absolute Gasteiger partial charge is 0.118 e. The van der Waals surface area contributed by atoms with Gasteiger partial charge in [0.05, 0.1) is 13.2 Å². The van der Waals surface area contributed by atoms with E-state index < -0.39 is 0 Å². The highest BCUT2D eigenvalue weighted by atomic mass is 16.5. The van der Waals surface area contributed by atoms with E-state index in [-0.39, 0.29) is 0 Å². The Morgan fingerprint density at radius 1 is 0.905 bits per heavy atom. The van der Waals surface area contributed by atoms with E-state index in [1.807, 2.05) is 12.1 Å². The number of nitrogens with zero attached hydrogens (tertiary/aromatic N) is 1. The molecule has 0 spiro atoms. The van der Waals surface area contributed by atoms with Crippen LogP contribution in [-0.2, 0) is 0 Å². The van der Waals surface area contributed by atoms with Gasteiger partial charge in [-0.2, -0.15) is 0 Å². The summed E-state index contributed by atoms with van der Waals surface area (Å²) < 4.78 is 5.28. The maximum Gasteiger partial charge on any atom is 0.118 e. The van der Waals surface area contributed by atoms with E-state index in [2.05, 4.69) is 52.7 Å². The summed E-state index contributed by atoms with van der Waals surface area (Å²) in [5.74, 6) is 0.908. The molecule has 21 heavy (non-hydrogen) atoms. The highest BCUT2D eigenvalue weighted by Crippen LogP contribution is 2.29. The fourth-order valence-electron chi connectivity index (χ4n) is 2.98. The Bertz CT molecular complexity index is 547. The minimum Gasteiger partial charge on any atom is -0.497 e. The molecule has 3 rings (SSSR count). The van der Waals surface area contributed by atoms with E-state index >= 15 is 0 Å². The average molecular weight is 282 g/mol. The summed E-state index contributed by atoms with van der Waals surface area (Å²) in [5, 5.41) is 3.43. The van der Waals surface area contributed by atoms with E-state index in [9.17, 15) is 0 Å². The van der Waals surface area contributed by atoms with Crippen LogP contribution < -0.4 is 10.1 Å². The van der Waals surface area contributed by atoms with Gasteiger partial charge in [0, 0.05) is 26.2 Å². The molecule has 1 N–H and O–H groups in total. The summed E-state index contributed by atoms with van der Waals surface area (Å²) in [7, 11) is 1.71. The number of ether oxygens (including phenoxy) is 1. The molecular formula is C18H22N2O. The SMILES string of the molecule is COc1ccc([C@H](c2ccccc2)N2CCNCC2)cc1. The molecule has 0 amide bonds. The molecule has 1 heterocycles. The number of hydrogen-bond acceptors (Lipinski definition) is 3. The first-order chi connectivity index (χ1) is 10.4. The second-order valence-corrected chi connectivity index (χ2v) is 5.37. The summed E-state index contributed by atoms with van der Waals surface area (Å²) in [6.07, 6.45) is 0. The average Bonchev–Trinajstić information content (AvgIpc) is 2.58. The lowest BCUT2D eigenvalue weighted by Gasteiger charge is -2.35. The Morgan fingerprint density at radius 2 is 1.52 bits per heavy atom. The molecule has 1 saturated heterocycles. The molecule has 0 aliphatic carbocycles. The van der Waals surface area contributed by atoms with Crippen LogP contribution in [0.5, 0.6) is 5.75 Å². The van der Waals surface area contributed by atoms with Gasteiger partial charge in [0.25, 0.3) is 0 Å². The van der Waals surface area contributed by atoms with Gasteiger partial charge < -0.3 is 10.1 Å². The molecule has 2 aromatic carbocycles. The molecule has 0 bridgehead atoms. The summed E-state index contributed by atoms with van der Waals surface area (Å²) in [5.41, 5.74) is 2.67. The Balaban J connectivity index is 1.94. The number of hydrogen-bond donors (Lipinski definition) is 1. The van der Waals surface area contributed by atoms with Crippen LogP contribution in [-0.4, -0.2) is 38.2 Å². The van der Waals surface area contributed by atoms with Gasteiger partial charge in [-0.05, 0) is 23.3 Å². The summed E-state index contributed by atoms with van der Waals surface area (Å²) in [4.78, 5) is 2.55. The monoisotopic (exact) mass is 282 g/mol. The van der Waals surface area contributed by atoms with Gasteiger partial charge in [0.15, 0.2) is 0 Å².